The van der Waals surface area contributed by atoms with E-state index in [9.17, 15) is 4.79 Å². The van der Waals surface area contributed by atoms with Gasteiger partial charge in [0.05, 0.1) is 5.39 Å². The highest BCUT2D eigenvalue weighted by Gasteiger charge is 2.19. The van der Waals surface area contributed by atoms with Gasteiger partial charge in [0, 0.05) is 17.4 Å². The van der Waals surface area contributed by atoms with Gasteiger partial charge in [0.25, 0.3) is 5.56 Å². The van der Waals surface area contributed by atoms with Crippen LogP contribution >= 0.6 is 0 Å². The molecule has 5 rings (SSSR count). The molecule has 1 aromatic heterocycles. The molecule has 4 aromatic rings. The van der Waals surface area contributed by atoms with Crippen molar-refractivity contribution in [3.63, 3.8) is 0 Å². The van der Waals surface area contributed by atoms with Crippen molar-refractivity contribution < 1.29 is 9.47 Å². The van der Waals surface area contributed by atoms with Crippen LogP contribution in [0.1, 0.15) is 18.7 Å². The predicted octanol–water partition coefficient (Wildman–Crippen LogP) is 4.41. The molecular weight excluding hydrogens is 364 g/mol. The number of hydrogen-bond acceptors (Lipinski definition) is 4. The summed E-state index contributed by atoms with van der Waals surface area (Å²) < 4.78 is 12.7. The third kappa shape index (κ3) is 2.87. The molecule has 0 spiro atoms. The van der Waals surface area contributed by atoms with E-state index in [4.69, 9.17) is 15.2 Å². The smallest absolute Gasteiger partial charge is 0.263 e. The van der Waals surface area contributed by atoms with Gasteiger partial charge in [-0.3, -0.25) is 9.36 Å². The third-order valence-electron chi connectivity index (χ3n) is 5.24. The Labute approximate surface area is 167 Å². The van der Waals surface area contributed by atoms with Crippen molar-refractivity contribution in [2.45, 2.75) is 13.0 Å². The van der Waals surface area contributed by atoms with Crippen LogP contribution in [-0.4, -0.2) is 11.4 Å². The molecule has 0 radical (unpaired) electrons. The number of rotatable bonds is 3. The summed E-state index contributed by atoms with van der Waals surface area (Å²) in [5.41, 5.74) is 9.48. The van der Waals surface area contributed by atoms with Gasteiger partial charge in [0.1, 0.15) is 0 Å². The molecule has 144 valence electrons. The van der Waals surface area contributed by atoms with E-state index < -0.39 is 0 Å². The number of ether oxygens (including phenoxy) is 2. The quantitative estimate of drug-likeness (QED) is 0.568. The SMILES string of the molecule is C[C@H](N)c1cc2cccc(-c3ccc4c(c3)OCO4)c2c(=O)n1-c1ccccc1. The van der Waals surface area contributed by atoms with Gasteiger partial charge in [-0.25, -0.2) is 0 Å². The maximum Gasteiger partial charge on any atom is 0.263 e. The number of nitrogens with zero attached hydrogens (tertiary/aromatic N) is 1. The zero-order valence-corrected chi connectivity index (χ0v) is 16.0. The summed E-state index contributed by atoms with van der Waals surface area (Å²) in [7, 11) is 0. The zero-order chi connectivity index (χ0) is 20.0. The van der Waals surface area contributed by atoms with Crippen molar-refractivity contribution in [2.24, 2.45) is 5.73 Å². The van der Waals surface area contributed by atoms with Gasteiger partial charge in [-0.2, -0.15) is 0 Å². The van der Waals surface area contributed by atoms with Crippen molar-refractivity contribution >= 4 is 10.8 Å². The molecule has 5 heteroatoms. The van der Waals surface area contributed by atoms with Crippen LogP contribution in [0.3, 0.4) is 0 Å². The second-order valence-corrected chi connectivity index (χ2v) is 7.17. The van der Waals surface area contributed by atoms with Crippen LogP contribution in [0.15, 0.2) is 77.6 Å². The number of aromatic nitrogens is 1. The van der Waals surface area contributed by atoms with Crippen molar-refractivity contribution in [3.05, 3.63) is 88.8 Å². The molecule has 0 unspecified atom stereocenters. The minimum atomic E-state index is -0.290. The molecule has 0 saturated carbocycles. The van der Waals surface area contributed by atoms with Gasteiger partial charge in [-0.1, -0.05) is 42.5 Å². The summed E-state index contributed by atoms with van der Waals surface area (Å²) in [4.78, 5) is 13.7. The summed E-state index contributed by atoms with van der Waals surface area (Å²) in [5, 5.41) is 1.52. The first kappa shape index (κ1) is 17.5. The van der Waals surface area contributed by atoms with E-state index in [1.165, 1.54) is 0 Å². The molecule has 1 atom stereocenters. The van der Waals surface area contributed by atoms with E-state index in [-0.39, 0.29) is 18.4 Å². The van der Waals surface area contributed by atoms with Crippen molar-refractivity contribution in [2.75, 3.05) is 6.79 Å². The maximum atomic E-state index is 13.7. The number of para-hydroxylation sites is 1. The van der Waals surface area contributed by atoms with E-state index in [2.05, 4.69) is 0 Å². The lowest BCUT2D eigenvalue weighted by molar-refractivity contribution is 0.174. The summed E-state index contributed by atoms with van der Waals surface area (Å²) in [6, 6.07) is 22.9. The van der Waals surface area contributed by atoms with Crippen molar-refractivity contribution in [3.8, 4) is 28.3 Å². The number of hydrogen-bond donors (Lipinski definition) is 1. The molecule has 2 N–H and O–H groups in total. The topological polar surface area (TPSA) is 66.5 Å². The van der Waals surface area contributed by atoms with Gasteiger partial charge < -0.3 is 15.2 Å². The lowest BCUT2D eigenvalue weighted by Crippen LogP contribution is -2.26. The molecule has 3 aromatic carbocycles. The molecule has 1 aliphatic heterocycles. The van der Waals surface area contributed by atoms with Crippen LogP contribution in [0.2, 0.25) is 0 Å². The number of pyridine rings is 1. The second kappa shape index (κ2) is 6.79. The van der Waals surface area contributed by atoms with Gasteiger partial charge >= 0.3 is 0 Å². The maximum absolute atomic E-state index is 13.7. The Morgan fingerprint density at radius 2 is 1.72 bits per heavy atom. The molecule has 0 amide bonds. The Bertz CT molecular complexity index is 1280. The van der Waals surface area contributed by atoms with E-state index in [1.54, 1.807) is 4.57 Å². The molecule has 2 heterocycles. The lowest BCUT2D eigenvalue weighted by atomic mass is 9.97. The van der Waals surface area contributed by atoms with Crippen LogP contribution in [0.25, 0.3) is 27.6 Å². The van der Waals surface area contributed by atoms with Crippen LogP contribution in [-0.2, 0) is 0 Å². The number of fused-ring (bicyclic) bond motifs is 2. The first-order chi connectivity index (χ1) is 14.1. The number of nitrogens with two attached hydrogens (primary N) is 1. The van der Waals surface area contributed by atoms with Crippen LogP contribution in [0.4, 0.5) is 0 Å². The minimum absolute atomic E-state index is 0.0886. The first-order valence-electron chi connectivity index (χ1n) is 9.53. The highest BCUT2D eigenvalue weighted by Crippen LogP contribution is 2.37. The Balaban J connectivity index is 1.83. The Kier molecular flexibility index (Phi) is 4.11. The fourth-order valence-electron chi connectivity index (χ4n) is 3.87. The Hall–Kier alpha value is -3.57. The van der Waals surface area contributed by atoms with Crippen molar-refractivity contribution in [1.29, 1.82) is 0 Å². The minimum Gasteiger partial charge on any atom is -0.454 e. The summed E-state index contributed by atoms with van der Waals surface area (Å²) >= 11 is 0. The largest absolute Gasteiger partial charge is 0.454 e. The number of benzene rings is 3. The molecule has 0 fully saturated rings. The van der Waals surface area contributed by atoms with E-state index in [0.29, 0.717) is 11.1 Å². The average molecular weight is 384 g/mol. The van der Waals surface area contributed by atoms with Crippen LogP contribution in [0, 0.1) is 0 Å². The fraction of sp³-hybridized carbons (Fsp3) is 0.125. The van der Waals surface area contributed by atoms with Gasteiger partial charge in [0.15, 0.2) is 11.5 Å². The van der Waals surface area contributed by atoms with Crippen molar-refractivity contribution in [1.82, 2.24) is 4.57 Å². The molecule has 1 aliphatic rings. The normalized spacial score (nSPS) is 13.6. The molecular formula is C24H20N2O3. The van der Waals surface area contributed by atoms with Gasteiger partial charge in [0.2, 0.25) is 6.79 Å². The van der Waals surface area contributed by atoms with E-state index >= 15 is 0 Å². The zero-order valence-electron chi connectivity index (χ0n) is 16.0. The van der Waals surface area contributed by atoms with E-state index in [1.807, 2.05) is 79.7 Å². The molecule has 5 nitrogen and oxygen atoms in total. The molecule has 0 bridgehead atoms. The summed E-state index contributed by atoms with van der Waals surface area (Å²) in [5.74, 6) is 1.41. The summed E-state index contributed by atoms with van der Waals surface area (Å²) in [6.07, 6.45) is 0. The lowest BCUT2D eigenvalue weighted by Gasteiger charge is -2.18. The molecule has 0 saturated heterocycles. The Morgan fingerprint density at radius 3 is 2.52 bits per heavy atom. The summed E-state index contributed by atoms with van der Waals surface area (Å²) in [6.45, 7) is 2.11. The van der Waals surface area contributed by atoms with Crippen LogP contribution < -0.4 is 20.8 Å². The highest BCUT2D eigenvalue weighted by atomic mass is 16.7. The van der Waals surface area contributed by atoms with Gasteiger partial charge in [-0.05, 0) is 53.8 Å². The highest BCUT2D eigenvalue weighted by molar-refractivity contribution is 5.97. The second-order valence-electron chi connectivity index (χ2n) is 7.17. The first-order valence-corrected chi connectivity index (χ1v) is 9.53. The standard InChI is InChI=1S/C24H20N2O3/c1-15(25)20-12-17-6-5-9-19(16-10-11-21-22(13-16)29-14-28-21)23(17)24(27)26(20)18-7-3-2-4-8-18/h2-13,15H,14,25H2,1H3/t15-/m0/s1. The third-order valence-corrected chi connectivity index (χ3v) is 5.24. The van der Waals surface area contributed by atoms with Gasteiger partial charge in [-0.15, -0.1) is 0 Å². The Morgan fingerprint density at radius 1 is 0.931 bits per heavy atom. The monoisotopic (exact) mass is 384 g/mol. The molecule has 0 aliphatic carbocycles. The van der Waals surface area contributed by atoms with E-state index in [0.717, 1.165) is 33.6 Å². The predicted molar refractivity (Wildman–Crippen MR) is 114 cm³/mol. The molecule has 29 heavy (non-hydrogen) atoms. The average Bonchev–Trinajstić information content (AvgIpc) is 3.21. The fourth-order valence-corrected chi connectivity index (χ4v) is 3.87. The van der Waals surface area contributed by atoms with Crippen LogP contribution in [0.5, 0.6) is 11.5 Å².